The summed E-state index contributed by atoms with van der Waals surface area (Å²) >= 11 is 0. The highest BCUT2D eigenvalue weighted by atomic mass is 16.3. The van der Waals surface area contributed by atoms with Gasteiger partial charge in [0.15, 0.2) is 34.7 Å². The predicted molar refractivity (Wildman–Crippen MR) is 159 cm³/mol. The van der Waals surface area contributed by atoms with E-state index in [1.807, 2.05) is 68.3 Å². The number of nitrogens with two attached hydrogens (primary N) is 1. The van der Waals surface area contributed by atoms with Crippen LogP contribution in [0, 0.1) is 23.7 Å². The number of carbonyl (C=O) groups is 5. The van der Waals surface area contributed by atoms with E-state index in [-0.39, 0.29) is 24.2 Å². The summed E-state index contributed by atoms with van der Waals surface area (Å²) in [6.07, 6.45) is 0.210. The maximum absolute atomic E-state index is 14.2. The first-order valence-corrected chi connectivity index (χ1v) is 14.3. The van der Waals surface area contributed by atoms with Gasteiger partial charge in [0.1, 0.15) is 5.75 Å². The lowest BCUT2D eigenvalue weighted by atomic mass is 9.52. The topological polar surface area (TPSA) is 162 Å². The minimum atomic E-state index is -2.75. The van der Waals surface area contributed by atoms with Crippen LogP contribution < -0.4 is 10.6 Å². The van der Waals surface area contributed by atoms with Crippen LogP contribution in [0.2, 0.25) is 0 Å². The number of amides is 1. The maximum Gasteiger partial charge on any atom is 0.235 e. The number of hydrogen-bond acceptors (Lipinski definition) is 10. The Morgan fingerprint density at radius 1 is 1.00 bits per heavy atom. The van der Waals surface area contributed by atoms with Gasteiger partial charge >= 0.3 is 0 Å². The van der Waals surface area contributed by atoms with Crippen molar-refractivity contribution in [2.24, 2.45) is 29.4 Å². The molecule has 0 aliphatic heterocycles. The predicted octanol–water partition coefficient (Wildman–Crippen LogP) is 0.662. The zero-order valence-corrected chi connectivity index (χ0v) is 25.2. The number of fused-ring (bicyclic) bond motifs is 3. The fraction of sp³-hybridized carbons (Fsp3) is 0.469. The van der Waals surface area contributed by atoms with Crippen molar-refractivity contribution < 1.29 is 34.2 Å². The van der Waals surface area contributed by atoms with Crippen LogP contribution in [0.1, 0.15) is 27.9 Å². The summed E-state index contributed by atoms with van der Waals surface area (Å²) in [7, 11) is 10.7. The number of phenols is 1. The van der Waals surface area contributed by atoms with Crippen LogP contribution in [0.3, 0.4) is 0 Å². The number of hydrogen-bond donors (Lipinski definition) is 3. The van der Waals surface area contributed by atoms with Gasteiger partial charge in [-0.15, -0.1) is 0 Å². The molecule has 228 valence electrons. The van der Waals surface area contributed by atoms with E-state index in [9.17, 15) is 34.2 Å². The summed E-state index contributed by atoms with van der Waals surface area (Å²) in [5.74, 6) is -10.6. The van der Waals surface area contributed by atoms with Gasteiger partial charge in [0.05, 0.1) is 17.5 Å². The average Bonchev–Trinajstić information content (AvgIpc) is 2.90. The van der Waals surface area contributed by atoms with Crippen molar-refractivity contribution in [2.75, 3.05) is 47.2 Å². The smallest absolute Gasteiger partial charge is 0.235 e. The average molecular weight is 591 g/mol. The van der Waals surface area contributed by atoms with Crippen molar-refractivity contribution in [2.45, 2.75) is 31.0 Å². The summed E-state index contributed by atoms with van der Waals surface area (Å²) in [6.45, 7) is 0.725. The Kier molecular flexibility index (Phi) is 7.56. The monoisotopic (exact) mass is 590 g/mol. The molecule has 1 amide bonds. The third kappa shape index (κ3) is 4.57. The van der Waals surface area contributed by atoms with Crippen LogP contribution in [0.25, 0.3) is 11.1 Å². The zero-order chi connectivity index (χ0) is 31.7. The molecule has 0 bridgehead atoms. The molecular weight excluding hydrogens is 552 g/mol. The number of benzene rings is 2. The summed E-state index contributed by atoms with van der Waals surface area (Å²) in [5.41, 5.74) is 6.02. The fourth-order valence-electron chi connectivity index (χ4n) is 7.43. The second kappa shape index (κ2) is 10.7. The third-order valence-corrected chi connectivity index (χ3v) is 9.28. The molecule has 3 aliphatic rings. The third-order valence-electron chi connectivity index (χ3n) is 9.28. The number of anilines is 1. The Labute approximate surface area is 250 Å². The lowest BCUT2D eigenvalue weighted by Gasteiger charge is -2.52. The highest BCUT2D eigenvalue weighted by molar-refractivity contribution is 6.32. The second-order valence-corrected chi connectivity index (χ2v) is 12.8. The van der Waals surface area contributed by atoms with Gasteiger partial charge < -0.3 is 25.7 Å². The van der Waals surface area contributed by atoms with Crippen LogP contribution >= 0.6 is 0 Å². The van der Waals surface area contributed by atoms with E-state index in [1.165, 1.54) is 4.90 Å². The molecule has 0 spiro atoms. The molecule has 2 aromatic rings. The second-order valence-electron chi connectivity index (χ2n) is 12.8. The van der Waals surface area contributed by atoms with E-state index < -0.39 is 64.4 Å². The minimum Gasteiger partial charge on any atom is -0.507 e. The van der Waals surface area contributed by atoms with Gasteiger partial charge in [-0.25, -0.2) is 0 Å². The number of likely N-dealkylation sites (N-methyl/N-ethyl adjacent to an activating group) is 1. The van der Waals surface area contributed by atoms with Crippen LogP contribution in [-0.2, 0) is 32.1 Å². The molecule has 0 heterocycles. The van der Waals surface area contributed by atoms with Gasteiger partial charge in [-0.3, -0.25) is 28.9 Å². The van der Waals surface area contributed by atoms with Gasteiger partial charge in [0.2, 0.25) is 5.91 Å². The molecule has 2 fully saturated rings. The van der Waals surface area contributed by atoms with Gasteiger partial charge in [-0.1, -0.05) is 24.3 Å². The highest BCUT2D eigenvalue weighted by Gasteiger charge is 2.69. The molecule has 0 aromatic heterocycles. The highest BCUT2D eigenvalue weighted by Crippen LogP contribution is 2.53. The zero-order valence-electron chi connectivity index (χ0n) is 25.2. The summed E-state index contributed by atoms with van der Waals surface area (Å²) in [6, 6.07) is 8.27. The van der Waals surface area contributed by atoms with Gasteiger partial charge in [0, 0.05) is 37.8 Å². The van der Waals surface area contributed by atoms with Crippen molar-refractivity contribution >= 4 is 34.7 Å². The number of aromatic hydroxyl groups is 1. The molecule has 0 saturated heterocycles. The van der Waals surface area contributed by atoms with Crippen molar-refractivity contribution in [1.29, 1.82) is 0 Å². The minimum absolute atomic E-state index is 0.00656. The van der Waals surface area contributed by atoms with E-state index >= 15 is 0 Å². The Balaban J connectivity index is 1.64. The molecule has 6 unspecified atom stereocenters. The van der Waals surface area contributed by atoms with Crippen molar-refractivity contribution in [3.63, 3.8) is 0 Å². The fourth-order valence-corrected chi connectivity index (χ4v) is 7.43. The first-order chi connectivity index (χ1) is 20.1. The first kappa shape index (κ1) is 30.5. The molecule has 43 heavy (non-hydrogen) atoms. The number of Topliss-reactive ketones (excluding diaryl/α,β-unsaturated/α-hetero) is 4. The molecule has 2 aromatic carbocycles. The van der Waals surface area contributed by atoms with E-state index in [2.05, 4.69) is 0 Å². The normalized spacial score (nSPS) is 28.5. The van der Waals surface area contributed by atoms with E-state index in [0.29, 0.717) is 22.4 Å². The molecule has 2 saturated carbocycles. The molecule has 6 atom stereocenters. The number of nitrogens with zero attached hydrogens (tertiary/aromatic N) is 3. The molecule has 0 radical (unpaired) electrons. The molecule has 5 rings (SSSR count). The van der Waals surface area contributed by atoms with Gasteiger partial charge in [-0.05, 0) is 69.7 Å². The Hall–Kier alpha value is -3.93. The van der Waals surface area contributed by atoms with Crippen LogP contribution in [-0.4, -0.2) is 103 Å². The van der Waals surface area contributed by atoms with Crippen molar-refractivity contribution in [1.82, 2.24) is 9.80 Å². The lowest BCUT2D eigenvalue weighted by Crippen LogP contribution is -2.74. The Bertz CT molecular complexity index is 1550. The number of ketones is 4. The van der Waals surface area contributed by atoms with E-state index in [4.69, 9.17) is 5.73 Å². The first-order valence-electron chi connectivity index (χ1n) is 14.3. The van der Waals surface area contributed by atoms with Gasteiger partial charge in [-0.2, -0.15) is 0 Å². The maximum atomic E-state index is 14.2. The van der Waals surface area contributed by atoms with E-state index in [1.54, 1.807) is 14.1 Å². The Morgan fingerprint density at radius 2 is 1.63 bits per heavy atom. The number of phenolic OH excluding ortho intramolecular Hbond substituents is 1. The van der Waals surface area contributed by atoms with Crippen molar-refractivity contribution in [3.8, 4) is 16.9 Å². The molecule has 11 heteroatoms. The van der Waals surface area contributed by atoms with E-state index in [0.717, 1.165) is 12.1 Å². The summed E-state index contributed by atoms with van der Waals surface area (Å²) in [5, 5.41) is 23.4. The molecule has 11 nitrogen and oxygen atoms in total. The lowest BCUT2D eigenvalue weighted by molar-refractivity contribution is -0.181. The molecule has 4 N–H and O–H groups in total. The quantitative estimate of drug-likeness (QED) is 0.408. The number of carbonyl (C=O) groups excluding carboxylic acids is 5. The number of aliphatic hydroxyl groups is 1. The SMILES string of the molecule is CN(C)Cc1ccc(-c2cc(N(C)C)c3c(c2O)C(=O)C2C(=O)C4(O)C(=O)C(C(N)=O)C(=O)C(N(C)C)C4CC2C3)cc1. The number of primary amides is 1. The van der Waals surface area contributed by atoms with Crippen LogP contribution in [0.15, 0.2) is 30.3 Å². The summed E-state index contributed by atoms with van der Waals surface area (Å²) < 4.78 is 0. The molecular formula is C32H38N4O7. The molecule has 3 aliphatic carbocycles. The number of rotatable bonds is 6. The largest absolute Gasteiger partial charge is 0.507 e. The Morgan fingerprint density at radius 3 is 2.16 bits per heavy atom. The van der Waals surface area contributed by atoms with Gasteiger partial charge in [0.25, 0.3) is 0 Å². The summed E-state index contributed by atoms with van der Waals surface area (Å²) in [4.78, 5) is 72.7. The van der Waals surface area contributed by atoms with Crippen LogP contribution in [0.5, 0.6) is 5.75 Å². The van der Waals surface area contributed by atoms with Crippen LogP contribution in [0.4, 0.5) is 5.69 Å². The van der Waals surface area contributed by atoms with Crippen molar-refractivity contribution in [3.05, 3.63) is 47.0 Å². The standard InChI is InChI=1S/C32H38N4O7/c1-34(2)14-15-7-9-16(10-8-15)18-13-21(35(3)4)19-11-17-12-20-25(36(5)6)28(39)24(31(33)42)30(41)32(20,43)29(40)22(17)27(38)23(19)26(18)37/h7-10,13,17,20,22,24-25,37,43H,11-12,14H2,1-6H3,(H2,33,42).